The summed E-state index contributed by atoms with van der Waals surface area (Å²) in [6, 6.07) is 6.24. The largest absolute Gasteiger partial charge is 0.321 e. The second-order valence-electron chi connectivity index (χ2n) is 4.60. The summed E-state index contributed by atoms with van der Waals surface area (Å²) in [5, 5.41) is 10.7. The van der Waals surface area contributed by atoms with Crippen molar-refractivity contribution >= 4 is 34.9 Å². The van der Waals surface area contributed by atoms with Crippen molar-refractivity contribution in [3.63, 3.8) is 0 Å². The number of rotatable bonds is 2. The molecule has 2 aromatic carbocycles. The Balaban J connectivity index is 2.11. The molecule has 0 fully saturated rings. The molecule has 0 spiro atoms. The third-order valence-corrected chi connectivity index (χ3v) is 3.54. The highest BCUT2D eigenvalue weighted by Gasteiger charge is 2.23. The van der Waals surface area contributed by atoms with Gasteiger partial charge in [-0.3, -0.25) is 15.1 Å². The number of hydrogen-bond acceptors (Lipinski definition) is 4. The molecule has 0 atom stereocenters. The van der Waals surface area contributed by atoms with Crippen LogP contribution in [0.4, 0.5) is 25.8 Å². The number of nitro groups is 1. The highest BCUT2D eigenvalue weighted by Crippen LogP contribution is 2.35. The van der Waals surface area contributed by atoms with Gasteiger partial charge in [-0.2, -0.15) is 4.39 Å². The first-order chi connectivity index (χ1) is 10.5. The predicted octanol–water partition coefficient (Wildman–Crippen LogP) is 4.05. The first-order valence-electron chi connectivity index (χ1n) is 6.17. The minimum atomic E-state index is -0.947. The molecule has 0 radical (unpaired) electrons. The Hall–Kier alpha value is -2.54. The highest BCUT2D eigenvalue weighted by atomic mass is 35.5. The van der Waals surface area contributed by atoms with E-state index in [-0.39, 0.29) is 11.7 Å². The Labute approximate surface area is 128 Å². The zero-order chi connectivity index (χ0) is 15.9. The highest BCUT2D eigenvalue weighted by molar-refractivity contribution is 6.31. The molecule has 0 unspecified atom stereocenters. The van der Waals surface area contributed by atoms with Crippen LogP contribution in [0.15, 0.2) is 35.3 Å². The van der Waals surface area contributed by atoms with Crippen molar-refractivity contribution in [3.05, 3.63) is 62.7 Å². The SMILES string of the molecule is O=[N+]([O-])c1cc2c(cc1F)N(c1ccc(F)c(Cl)c1)CN=C2. The van der Waals surface area contributed by atoms with E-state index in [0.29, 0.717) is 16.9 Å². The third kappa shape index (κ3) is 2.39. The van der Waals surface area contributed by atoms with Gasteiger partial charge < -0.3 is 4.90 Å². The molecule has 0 aliphatic carbocycles. The lowest BCUT2D eigenvalue weighted by molar-refractivity contribution is -0.387. The van der Waals surface area contributed by atoms with Crippen LogP contribution in [-0.4, -0.2) is 17.8 Å². The van der Waals surface area contributed by atoms with Crippen LogP contribution in [0.3, 0.4) is 0 Å². The zero-order valence-corrected chi connectivity index (χ0v) is 11.7. The molecule has 112 valence electrons. The van der Waals surface area contributed by atoms with Gasteiger partial charge in [0.05, 0.1) is 15.6 Å². The second-order valence-corrected chi connectivity index (χ2v) is 5.01. The minimum absolute atomic E-state index is 0.0732. The van der Waals surface area contributed by atoms with Gasteiger partial charge in [-0.25, -0.2) is 4.39 Å². The van der Waals surface area contributed by atoms with E-state index < -0.39 is 22.2 Å². The number of anilines is 2. The van der Waals surface area contributed by atoms with Crippen LogP contribution in [0.25, 0.3) is 0 Å². The molecule has 5 nitrogen and oxygen atoms in total. The summed E-state index contributed by atoms with van der Waals surface area (Å²) in [6.07, 6.45) is 1.43. The van der Waals surface area contributed by atoms with Crippen molar-refractivity contribution in [2.75, 3.05) is 11.6 Å². The monoisotopic (exact) mass is 323 g/mol. The fourth-order valence-corrected chi connectivity index (χ4v) is 2.39. The molecule has 22 heavy (non-hydrogen) atoms. The maximum absolute atomic E-state index is 13.9. The molecule has 8 heteroatoms. The Morgan fingerprint density at radius 1 is 1.23 bits per heavy atom. The maximum Gasteiger partial charge on any atom is 0.305 e. The summed E-state index contributed by atoms with van der Waals surface area (Å²) in [4.78, 5) is 15.7. The Kier molecular flexibility index (Phi) is 3.50. The first-order valence-corrected chi connectivity index (χ1v) is 6.55. The third-order valence-electron chi connectivity index (χ3n) is 3.25. The van der Waals surface area contributed by atoms with E-state index in [1.54, 1.807) is 4.90 Å². The van der Waals surface area contributed by atoms with E-state index in [2.05, 4.69) is 4.99 Å². The fraction of sp³-hybridized carbons (Fsp3) is 0.0714. The summed E-state index contributed by atoms with van der Waals surface area (Å²) in [7, 11) is 0. The average Bonchev–Trinajstić information content (AvgIpc) is 2.48. The zero-order valence-electron chi connectivity index (χ0n) is 11.0. The summed E-state index contributed by atoms with van der Waals surface area (Å²) >= 11 is 5.75. The van der Waals surface area contributed by atoms with Crippen molar-refractivity contribution in [3.8, 4) is 0 Å². The predicted molar refractivity (Wildman–Crippen MR) is 79.1 cm³/mol. The van der Waals surface area contributed by atoms with Gasteiger partial charge >= 0.3 is 5.69 Å². The van der Waals surface area contributed by atoms with Gasteiger partial charge in [-0.1, -0.05) is 11.6 Å². The van der Waals surface area contributed by atoms with Crippen LogP contribution in [0, 0.1) is 21.7 Å². The van der Waals surface area contributed by atoms with Crippen LogP contribution >= 0.6 is 11.6 Å². The van der Waals surface area contributed by atoms with E-state index in [1.165, 1.54) is 24.4 Å². The Morgan fingerprint density at radius 3 is 2.68 bits per heavy atom. The van der Waals surface area contributed by atoms with Crippen molar-refractivity contribution in [1.82, 2.24) is 0 Å². The number of fused-ring (bicyclic) bond motifs is 1. The van der Waals surface area contributed by atoms with Gasteiger partial charge in [-0.15, -0.1) is 0 Å². The summed E-state index contributed by atoms with van der Waals surface area (Å²) in [6.45, 7) is 0.173. The lowest BCUT2D eigenvalue weighted by Crippen LogP contribution is -2.22. The molecule has 1 aliphatic heterocycles. The lowest BCUT2D eigenvalue weighted by atomic mass is 10.1. The fourth-order valence-electron chi connectivity index (χ4n) is 2.22. The number of nitro benzene ring substituents is 1. The topological polar surface area (TPSA) is 58.7 Å². The molecule has 1 heterocycles. The smallest absolute Gasteiger partial charge is 0.305 e. The van der Waals surface area contributed by atoms with Gasteiger partial charge in [0.25, 0.3) is 0 Å². The van der Waals surface area contributed by atoms with E-state index in [0.717, 1.165) is 12.1 Å². The van der Waals surface area contributed by atoms with Crippen LogP contribution in [0.2, 0.25) is 5.02 Å². The van der Waals surface area contributed by atoms with Crippen LogP contribution in [-0.2, 0) is 0 Å². The van der Waals surface area contributed by atoms with E-state index >= 15 is 0 Å². The van der Waals surface area contributed by atoms with Gasteiger partial charge in [0, 0.05) is 29.6 Å². The van der Waals surface area contributed by atoms with E-state index in [1.807, 2.05) is 0 Å². The molecule has 2 aromatic rings. The number of benzene rings is 2. The second kappa shape index (κ2) is 5.34. The van der Waals surface area contributed by atoms with Gasteiger partial charge in [0.2, 0.25) is 5.82 Å². The van der Waals surface area contributed by atoms with Gasteiger partial charge in [-0.05, 0) is 18.2 Å². The summed E-state index contributed by atoms with van der Waals surface area (Å²) in [5.74, 6) is -1.52. The van der Waals surface area contributed by atoms with Gasteiger partial charge in [0.1, 0.15) is 12.5 Å². The van der Waals surface area contributed by atoms with Crippen molar-refractivity contribution in [2.24, 2.45) is 4.99 Å². The van der Waals surface area contributed by atoms with Crippen molar-refractivity contribution < 1.29 is 13.7 Å². The van der Waals surface area contributed by atoms with Crippen molar-refractivity contribution in [2.45, 2.75) is 0 Å². The molecule has 0 saturated heterocycles. The molecule has 0 aromatic heterocycles. The number of aliphatic imine (C=N–C) groups is 1. The summed E-state index contributed by atoms with van der Waals surface area (Å²) < 4.78 is 27.1. The van der Waals surface area contributed by atoms with E-state index in [9.17, 15) is 18.9 Å². The maximum atomic E-state index is 13.9. The minimum Gasteiger partial charge on any atom is -0.321 e. The van der Waals surface area contributed by atoms with Crippen LogP contribution < -0.4 is 4.90 Å². The average molecular weight is 324 g/mol. The van der Waals surface area contributed by atoms with Gasteiger partial charge in [0.15, 0.2) is 0 Å². The van der Waals surface area contributed by atoms with Crippen LogP contribution in [0.1, 0.15) is 5.56 Å². The molecular formula is C14H8ClF2N3O2. The van der Waals surface area contributed by atoms with Crippen molar-refractivity contribution in [1.29, 1.82) is 0 Å². The number of nitrogens with zero attached hydrogens (tertiary/aromatic N) is 3. The quantitative estimate of drug-likeness (QED) is 0.618. The molecule has 0 bridgehead atoms. The standard InChI is InChI=1S/C14H8ClF2N3O2/c15-10-4-9(1-2-11(10)16)19-7-18-6-8-3-14(20(21)22)12(17)5-13(8)19/h1-6H,7H2. The summed E-state index contributed by atoms with van der Waals surface area (Å²) in [5.41, 5.74) is 0.697. The molecule has 3 rings (SSSR count). The Bertz CT molecular complexity index is 811. The molecule has 1 aliphatic rings. The lowest BCUT2D eigenvalue weighted by Gasteiger charge is -2.27. The molecular weight excluding hydrogens is 316 g/mol. The normalized spacial score (nSPS) is 13.1. The van der Waals surface area contributed by atoms with E-state index in [4.69, 9.17) is 11.6 Å². The molecule has 0 saturated carbocycles. The molecule has 0 amide bonds. The molecule has 0 N–H and O–H groups in total. The number of halogens is 3. The number of hydrogen-bond donors (Lipinski definition) is 0. The van der Waals surface area contributed by atoms with Crippen LogP contribution in [0.5, 0.6) is 0 Å². The Morgan fingerprint density at radius 2 is 2.00 bits per heavy atom. The first kappa shape index (κ1) is 14.4.